The molecule has 1 aromatic rings. The number of benzene rings is 1. The van der Waals surface area contributed by atoms with E-state index in [1.807, 2.05) is 20.9 Å². The quantitative estimate of drug-likeness (QED) is 0.679. The Hall–Kier alpha value is -1.44. The summed E-state index contributed by atoms with van der Waals surface area (Å²) in [6, 6.07) is 6.63. The summed E-state index contributed by atoms with van der Waals surface area (Å²) in [4.78, 5) is 17.3. The standard InChI is InChI=1S/C20H33N3O3S/c1-5-13-22-14-11-18(12-15-22)21(4)20(24)17-9-8-10-19(16-17)27(25,26)23(6-2)7-3/h8-10,16,18H,5-7,11-15H2,1-4H3. The largest absolute Gasteiger partial charge is 0.339 e. The van der Waals surface area contributed by atoms with Gasteiger partial charge in [0.2, 0.25) is 10.0 Å². The van der Waals surface area contributed by atoms with Gasteiger partial charge in [0.25, 0.3) is 5.91 Å². The van der Waals surface area contributed by atoms with Crippen LogP contribution < -0.4 is 0 Å². The maximum atomic E-state index is 12.9. The number of likely N-dealkylation sites (tertiary alicyclic amines) is 1. The zero-order valence-electron chi connectivity index (χ0n) is 17.0. The van der Waals surface area contributed by atoms with Crippen LogP contribution in [0.4, 0.5) is 0 Å². The maximum Gasteiger partial charge on any atom is 0.253 e. The van der Waals surface area contributed by atoms with Crippen LogP contribution in [0.5, 0.6) is 0 Å². The van der Waals surface area contributed by atoms with Crippen LogP contribution in [0.15, 0.2) is 29.2 Å². The zero-order chi connectivity index (χ0) is 20.0. The number of hydrogen-bond acceptors (Lipinski definition) is 4. The molecule has 1 heterocycles. The summed E-state index contributed by atoms with van der Waals surface area (Å²) in [5.41, 5.74) is 0.432. The van der Waals surface area contributed by atoms with Gasteiger partial charge in [-0.2, -0.15) is 4.31 Å². The lowest BCUT2D eigenvalue weighted by molar-refractivity contribution is 0.0642. The minimum atomic E-state index is -3.57. The molecule has 1 aromatic carbocycles. The predicted molar refractivity (Wildman–Crippen MR) is 108 cm³/mol. The second kappa shape index (κ2) is 9.66. The van der Waals surface area contributed by atoms with Gasteiger partial charge >= 0.3 is 0 Å². The molecule has 0 unspecified atom stereocenters. The number of piperidine rings is 1. The molecule has 1 fully saturated rings. The molecule has 1 aliphatic rings. The summed E-state index contributed by atoms with van der Waals surface area (Å²) in [6.07, 6.45) is 3.06. The lowest BCUT2D eigenvalue weighted by Crippen LogP contribution is -2.45. The molecule has 0 N–H and O–H groups in total. The van der Waals surface area contributed by atoms with Crippen LogP contribution >= 0.6 is 0 Å². The molecular weight excluding hydrogens is 362 g/mol. The van der Waals surface area contributed by atoms with E-state index in [4.69, 9.17) is 0 Å². The molecule has 0 atom stereocenters. The highest BCUT2D eigenvalue weighted by Crippen LogP contribution is 2.21. The van der Waals surface area contributed by atoms with Crippen molar-refractivity contribution in [3.63, 3.8) is 0 Å². The van der Waals surface area contributed by atoms with Gasteiger partial charge in [0.1, 0.15) is 0 Å². The number of carbonyl (C=O) groups is 1. The van der Waals surface area contributed by atoms with Crippen molar-refractivity contribution >= 4 is 15.9 Å². The summed E-state index contributed by atoms with van der Waals surface area (Å²) in [6.45, 7) is 9.75. The number of nitrogens with zero attached hydrogens (tertiary/aromatic N) is 3. The molecule has 7 heteroatoms. The highest BCUT2D eigenvalue weighted by Gasteiger charge is 2.27. The Bertz CT molecular complexity index is 724. The topological polar surface area (TPSA) is 60.9 Å². The molecule has 27 heavy (non-hydrogen) atoms. The smallest absolute Gasteiger partial charge is 0.253 e. The van der Waals surface area contributed by atoms with Gasteiger partial charge in [-0.05, 0) is 44.0 Å². The van der Waals surface area contributed by atoms with Crippen molar-refractivity contribution in [1.82, 2.24) is 14.1 Å². The van der Waals surface area contributed by atoms with Crippen LogP contribution in [0.3, 0.4) is 0 Å². The third kappa shape index (κ3) is 5.09. The molecule has 152 valence electrons. The fourth-order valence-corrected chi connectivity index (χ4v) is 5.22. The first-order valence-electron chi connectivity index (χ1n) is 9.94. The van der Waals surface area contributed by atoms with Crippen molar-refractivity contribution in [2.24, 2.45) is 0 Å². The molecule has 0 saturated carbocycles. The molecule has 0 radical (unpaired) electrons. The molecule has 1 saturated heterocycles. The number of amides is 1. The lowest BCUT2D eigenvalue weighted by atomic mass is 10.0. The highest BCUT2D eigenvalue weighted by molar-refractivity contribution is 7.89. The van der Waals surface area contributed by atoms with Crippen molar-refractivity contribution in [2.75, 3.05) is 39.8 Å². The number of rotatable bonds is 8. The van der Waals surface area contributed by atoms with Gasteiger partial charge in [0, 0.05) is 44.8 Å². The van der Waals surface area contributed by atoms with Crippen LogP contribution in [0.1, 0.15) is 50.4 Å². The summed E-state index contributed by atoms with van der Waals surface area (Å²) in [5, 5.41) is 0. The lowest BCUT2D eigenvalue weighted by Gasteiger charge is -2.36. The van der Waals surface area contributed by atoms with E-state index in [0.717, 1.165) is 38.9 Å². The molecule has 0 aromatic heterocycles. The Morgan fingerprint density at radius 3 is 2.33 bits per heavy atom. The zero-order valence-corrected chi connectivity index (χ0v) is 17.8. The molecule has 1 aliphatic heterocycles. The normalized spacial score (nSPS) is 16.6. The van der Waals surface area contributed by atoms with E-state index in [-0.39, 0.29) is 16.8 Å². The molecule has 0 bridgehead atoms. The Kier molecular flexibility index (Phi) is 7.82. The first-order chi connectivity index (χ1) is 12.8. The second-order valence-electron chi connectivity index (χ2n) is 7.11. The predicted octanol–water partition coefficient (Wildman–Crippen LogP) is 2.66. The Morgan fingerprint density at radius 1 is 1.15 bits per heavy atom. The number of carbonyl (C=O) groups excluding carboxylic acids is 1. The molecular formula is C20H33N3O3S. The molecule has 1 amide bonds. The van der Waals surface area contributed by atoms with Crippen molar-refractivity contribution in [3.8, 4) is 0 Å². The molecule has 2 rings (SSSR count). The maximum absolute atomic E-state index is 12.9. The van der Waals surface area contributed by atoms with Crippen LogP contribution in [0.2, 0.25) is 0 Å². The van der Waals surface area contributed by atoms with Gasteiger partial charge < -0.3 is 9.80 Å². The van der Waals surface area contributed by atoms with E-state index in [2.05, 4.69) is 11.8 Å². The van der Waals surface area contributed by atoms with Crippen LogP contribution in [-0.4, -0.2) is 74.2 Å². The average molecular weight is 396 g/mol. The SMILES string of the molecule is CCCN1CCC(N(C)C(=O)c2cccc(S(=O)(=O)N(CC)CC)c2)CC1. The first-order valence-corrected chi connectivity index (χ1v) is 11.4. The van der Waals surface area contributed by atoms with Gasteiger partial charge in [-0.1, -0.05) is 26.8 Å². The number of hydrogen-bond donors (Lipinski definition) is 0. The monoisotopic (exact) mass is 395 g/mol. The van der Waals surface area contributed by atoms with Crippen molar-refractivity contribution < 1.29 is 13.2 Å². The fourth-order valence-electron chi connectivity index (χ4n) is 3.72. The van der Waals surface area contributed by atoms with Crippen molar-refractivity contribution in [1.29, 1.82) is 0 Å². The minimum Gasteiger partial charge on any atom is -0.339 e. The Labute approximate surface area is 164 Å². The van der Waals surface area contributed by atoms with E-state index in [0.29, 0.717) is 18.7 Å². The van der Waals surface area contributed by atoms with E-state index in [1.165, 1.54) is 10.4 Å². The number of sulfonamides is 1. The van der Waals surface area contributed by atoms with E-state index in [9.17, 15) is 13.2 Å². The summed E-state index contributed by atoms with van der Waals surface area (Å²) in [5.74, 6) is -0.111. The third-order valence-electron chi connectivity index (χ3n) is 5.39. The van der Waals surface area contributed by atoms with Gasteiger partial charge in [-0.25, -0.2) is 8.42 Å². The van der Waals surface area contributed by atoms with E-state index < -0.39 is 10.0 Å². The van der Waals surface area contributed by atoms with Crippen molar-refractivity contribution in [3.05, 3.63) is 29.8 Å². The van der Waals surface area contributed by atoms with Gasteiger partial charge in [0.05, 0.1) is 4.90 Å². The Morgan fingerprint density at radius 2 is 1.78 bits per heavy atom. The highest BCUT2D eigenvalue weighted by atomic mass is 32.2. The fraction of sp³-hybridized carbons (Fsp3) is 0.650. The average Bonchev–Trinajstić information content (AvgIpc) is 2.68. The van der Waals surface area contributed by atoms with Gasteiger partial charge in [0.15, 0.2) is 0 Å². The second-order valence-corrected chi connectivity index (χ2v) is 9.04. The summed E-state index contributed by atoms with van der Waals surface area (Å²) in [7, 11) is -1.74. The molecule has 6 nitrogen and oxygen atoms in total. The van der Waals surface area contributed by atoms with E-state index >= 15 is 0 Å². The van der Waals surface area contributed by atoms with Gasteiger partial charge in [-0.3, -0.25) is 4.79 Å². The third-order valence-corrected chi connectivity index (χ3v) is 7.44. The van der Waals surface area contributed by atoms with Crippen LogP contribution in [0.25, 0.3) is 0 Å². The minimum absolute atomic E-state index is 0.111. The first kappa shape index (κ1) is 21.9. The van der Waals surface area contributed by atoms with Crippen LogP contribution in [-0.2, 0) is 10.0 Å². The van der Waals surface area contributed by atoms with Gasteiger partial charge in [-0.15, -0.1) is 0 Å². The Balaban J connectivity index is 2.13. The summed E-state index contributed by atoms with van der Waals surface area (Å²) >= 11 is 0. The van der Waals surface area contributed by atoms with Crippen LogP contribution in [0, 0.1) is 0 Å². The molecule has 0 spiro atoms. The van der Waals surface area contributed by atoms with Crippen molar-refractivity contribution in [2.45, 2.75) is 51.0 Å². The van der Waals surface area contributed by atoms with E-state index in [1.54, 1.807) is 23.1 Å². The summed E-state index contributed by atoms with van der Waals surface area (Å²) < 4.78 is 26.9. The molecule has 0 aliphatic carbocycles.